The first kappa shape index (κ1) is 13.3. The summed E-state index contributed by atoms with van der Waals surface area (Å²) in [6.45, 7) is 6.62. The predicted octanol–water partition coefficient (Wildman–Crippen LogP) is 2.80. The molecule has 0 amide bonds. The summed E-state index contributed by atoms with van der Waals surface area (Å²) in [5.74, 6) is 0. The van der Waals surface area contributed by atoms with E-state index in [1.165, 1.54) is 11.1 Å². The standard InChI is InChI=1S/C16H20NSi/c1-16(2,3)17-15(12-8-4-5-9-12)13-10-6-7-11-14(13)18/h4-8,10-11,15,17H,9H2,1-3H3. The zero-order valence-corrected chi connectivity index (χ0v) is 12.3. The van der Waals surface area contributed by atoms with Crippen LogP contribution in [0.1, 0.15) is 38.8 Å². The molecule has 1 atom stereocenters. The summed E-state index contributed by atoms with van der Waals surface area (Å²) >= 11 is 0. The highest BCUT2D eigenvalue weighted by Crippen LogP contribution is 2.28. The summed E-state index contributed by atoms with van der Waals surface area (Å²) in [5, 5.41) is 4.88. The molecule has 1 N–H and O–H groups in total. The maximum Gasteiger partial charge on any atom is 0.0716 e. The summed E-state index contributed by atoms with van der Waals surface area (Å²) in [4.78, 5) is 0. The number of nitrogens with one attached hydrogen (secondary N) is 1. The maximum absolute atomic E-state index is 3.72. The van der Waals surface area contributed by atoms with E-state index in [4.69, 9.17) is 0 Å². The molecule has 1 aliphatic rings. The average Bonchev–Trinajstić information content (AvgIpc) is 2.79. The molecule has 0 bridgehead atoms. The number of rotatable bonds is 3. The molecule has 2 rings (SSSR count). The van der Waals surface area contributed by atoms with E-state index in [9.17, 15) is 0 Å². The molecule has 0 saturated heterocycles. The molecular formula is C16H20NSi. The summed E-state index contributed by atoms with van der Waals surface area (Å²) in [5.41, 5.74) is 2.82. The average molecular weight is 254 g/mol. The lowest BCUT2D eigenvalue weighted by Gasteiger charge is -2.31. The van der Waals surface area contributed by atoms with Gasteiger partial charge in [0.25, 0.3) is 0 Å². The summed E-state index contributed by atoms with van der Waals surface area (Å²) < 4.78 is 0. The van der Waals surface area contributed by atoms with Gasteiger partial charge < -0.3 is 5.32 Å². The zero-order chi connectivity index (χ0) is 13.2. The first-order chi connectivity index (χ1) is 8.47. The molecule has 3 radical (unpaired) electrons. The van der Waals surface area contributed by atoms with Gasteiger partial charge >= 0.3 is 0 Å². The van der Waals surface area contributed by atoms with Crippen LogP contribution in [0.2, 0.25) is 0 Å². The Morgan fingerprint density at radius 1 is 1.22 bits per heavy atom. The van der Waals surface area contributed by atoms with Gasteiger partial charge in [0.05, 0.1) is 16.3 Å². The largest absolute Gasteiger partial charge is 0.302 e. The second kappa shape index (κ2) is 5.25. The summed E-state index contributed by atoms with van der Waals surface area (Å²) in [6.07, 6.45) is 7.61. The molecule has 1 aliphatic carbocycles. The molecular weight excluding hydrogens is 234 g/mol. The van der Waals surface area contributed by atoms with Crippen LogP contribution in [-0.2, 0) is 0 Å². The predicted molar refractivity (Wildman–Crippen MR) is 79.3 cm³/mol. The number of allylic oxidation sites excluding steroid dienone is 3. The highest BCUT2D eigenvalue weighted by Gasteiger charge is 2.23. The fourth-order valence-corrected chi connectivity index (χ4v) is 2.55. The van der Waals surface area contributed by atoms with Crippen LogP contribution in [0.25, 0.3) is 0 Å². The van der Waals surface area contributed by atoms with Crippen molar-refractivity contribution in [3.8, 4) is 0 Å². The Morgan fingerprint density at radius 3 is 2.50 bits per heavy atom. The molecule has 0 fully saturated rings. The molecule has 0 spiro atoms. The highest BCUT2D eigenvalue weighted by atomic mass is 28.1. The Labute approximate surface area is 113 Å². The van der Waals surface area contributed by atoms with Gasteiger partial charge in [-0.3, -0.25) is 0 Å². The molecule has 0 aliphatic heterocycles. The monoisotopic (exact) mass is 254 g/mol. The van der Waals surface area contributed by atoms with Crippen molar-refractivity contribution in [2.45, 2.75) is 38.8 Å². The van der Waals surface area contributed by atoms with E-state index < -0.39 is 0 Å². The molecule has 1 nitrogen and oxygen atoms in total. The van der Waals surface area contributed by atoms with Crippen LogP contribution < -0.4 is 10.5 Å². The van der Waals surface area contributed by atoms with Crippen LogP contribution in [0.15, 0.2) is 48.1 Å². The van der Waals surface area contributed by atoms with Gasteiger partial charge in [-0.1, -0.05) is 47.7 Å². The van der Waals surface area contributed by atoms with Gasteiger partial charge in [0.1, 0.15) is 0 Å². The van der Waals surface area contributed by atoms with Crippen LogP contribution in [0.4, 0.5) is 0 Å². The molecule has 0 aromatic heterocycles. The minimum absolute atomic E-state index is 0.0859. The van der Waals surface area contributed by atoms with E-state index in [0.29, 0.717) is 0 Å². The smallest absolute Gasteiger partial charge is 0.0716 e. The minimum atomic E-state index is 0.0859. The van der Waals surface area contributed by atoms with Crippen molar-refractivity contribution in [2.75, 3.05) is 0 Å². The van der Waals surface area contributed by atoms with Crippen molar-refractivity contribution >= 4 is 15.4 Å². The topological polar surface area (TPSA) is 12.0 Å². The Kier molecular flexibility index (Phi) is 3.88. The Hall–Kier alpha value is -1.12. The molecule has 2 heteroatoms. The molecule has 1 aromatic carbocycles. The third-order valence-corrected chi connectivity index (χ3v) is 3.48. The molecule has 18 heavy (non-hydrogen) atoms. The van der Waals surface area contributed by atoms with Crippen molar-refractivity contribution in [1.82, 2.24) is 5.32 Å². The van der Waals surface area contributed by atoms with Gasteiger partial charge in [0.2, 0.25) is 0 Å². The van der Waals surface area contributed by atoms with Crippen LogP contribution >= 0.6 is 0 Å². The highest BCUT2D eigenvalue weighted by molar-refractivity contribution is 6.33. The third-order valence-electron chi connectivity index (χ3n) is 3.02. The van der Waals surface area contributed by atoms with E-state index in [2.05, 4.69) is 78.8 Å². The van der Waals surface area contributed by atoms with Crippen molar-refractivity contribution in [1.29, 1.82) is 0 Å². The third kappa shape index (κ3) is 3.21. The summed E-state index contributed by atoms with van der Waals surface area (Å²) in [7, 11) is 3.72. The number of benzene rings is 1. The van der Waals surface area contributed by atoms with Crippen molar-refractivity contribution in [2.24, 2.45) is 0 Å². The minimum Gasteiger partial charge on any atom is -0.302 e. The van der Waals surface area contributed by atoms with Crippen LogP contribution in [0, 0.1) is 0 Å². The van der Waals surface area contributed by atoms with Crippen LogP contribution in [-0.4, -0.2) is 15.8 Å². The first-order valence-corrected chi connectivity index (χ1v) is 6.91. The van der Waals surface area contributed by atoms with Crippen LogP contribution in [0.5, 0.6) is 0 Å². The van der Waals surface area contributed by atoms with Gasteiger partial charge in [0, 0.05) is 5.54 Å². The molecule has 0 saturated carbocycles. The van der Waals surface area contributed by atoms with Gasteiger partial charge in [-0.05, 0) is 38.3 Å². The van der Waals surface area contributed by atoms with Gasteiger partial charge in [-0.15, -0.1) is 0 Å². The Bertz CT molecular complexity index is 480. The summed E-state index contributed by atoms with van der Waals surface area (Å²) in [6, 6.07) is 8.71. The maximum atomic E-state index is 3.72. The lowest BCUT2D eigenvalue weighted by Crippen LogP contribution is -2.41. The van der Waals surface area contributed by atoms with Crippen molar-refractivity contribution in [3.05, 3.63) is 53.6 Å². The first-order valence-electron chi connectivity index (χ1n) is 6.41. The van der Waals surface area contributed by atoms with Gasteiger partial charge in [-0.2, -0.15) is 0 Å². The van der Waals surface area contributed by atoms with Crippen molar-refractivity contribution < 1.29 is 0 Å². The fraction of sp³-hybridized carbons (Fsp3) is 0.375. The second-order valence-electron chi connectivity index (χ2n) is 5.79. The second-order valence-corrected chi connectivity index (χ2v) is 6.33. The van der Waals surface area contributed by atoms with Gasteiger partial charge in [-0.25, -0.2) is 0 Å². The quantitative estimate of drug-likeness (QED) is 0.818. The molecule has 0 heterocycles. The van der Waals surface area contributed by atoms with Crippen LogP contribution in [0.3, 0.4) is 0 Å². The number of hydrogen-bond acceptors (Lipinski definition) is 1. The lowest BCUT2D eigenvalue weighted by molar-refractivity contribution is 0.387. The van der Waals surface area contributed by atoms with E-state index in [1.54, 1.807) is 0 Å². The molecule has 93 valence electrons. The van der Waals surface area contributed by atoms with E-state index in [1.807, 2.05) is 0 Å². The fourth-order valence-electron chi connectivity index (χ4n) is 2.23. The molecule has 1 aromatic rings. The zero-order valence-electron chi connectivity index (χ0n) is 11.3. The number of hydrogen-bond donors (Lipinski definition) is 1. The van der Waals surface area contributed by atoms with E-state index in [-0.39, 0.29) is 11.6 Å². The van der Waals surface area contributed by atoms with E-state index in [0.717, 1.165) is 11.6 Å². The van der Waals surface area contributed by atoms with Crippen molar-refractivity contribution in [3.63, 3.8) is 0 Å². The molecule has 1 unspecified atom stereocenters. The Morgan fingerprint density at radius 2 is 1.94 bits per heavy atom. The Balaban J connectivity index is 2.33. The van der Waals surface area contributed by atoms with E-state index >= 15 is 0 Å². The SMILES string of the molecule is CC(C)(C)NC(C1=CC=CC1)c1ccccc1[Si]. The normalized spacial score (nSPS) is 16.8. The van der Waals surface area contributed by atoms with Gasteiger partial charge in [0.15, 0.2) is 0 Å². The lowest BCUT2D eigenvalue weighted by atomic mass is 9.94.